The fourth-order valence-corrected chi connectivity index (χ4v) is 2.91. The van der Waals surface area contributed by atoms with Gasteiger partial charge in [0, 0.05) is 17.1 Å². The number of aromatic amines is 1. The summed E-state index contributed by atoms with van der Waals surface area (Å²) in [4.78, 5) is 25.4. The number of benzene rings is 2. The molecule has 3 aromatic rings. The molecule has 7 heteroatoms. The van der Waals surface area contributed by atoms with E-state index >= 15 is 0 Å². The maximum atomic E-state index is 12.3. The highest BCUT2D eigenvalue weighted by atomic mass is 35.5. The monoisotopic (exact) mass is 334 g/mol. The Kier molecular flexibility index (Phi) is 3.60. The summed E-state index contributed by atoms with van der Waals surface area (Å²) in [5, 5.41) is 11.8. The van der Waals surface area contributed by atoms with Crippen molar-refractivity contribution in [2.45, 2.75) is 0 Å². The minimum Gasteiger partial charge on any atom is -0.321 e. The molecule has 22 heavy (non-hydrogen) atoms. The van der Waals surface area contributed by atoms with Gasteiger partial charge >= 0.3 is 0 Å². The number of rotatable bonds is 2. The standard InChI is InChI=1S/C15H8Cl2N2O3/c16-10-5-6-12(19(21)22)14(17)13(10)9-7-8-3-1-2-4-11(8)18-15(9)20/h1-7H,(H,18,20). The number of aromatic nitrogens is 1. The molecule has 110 valence electrons. The summed E-state index contributed by atoms with van der Waals surface area (Å²) in [5.74, 6) is 0. The van der Waals surface area contributed by atoms with E-state index in [0.29, 0.717) is 5.52 Å². The first-order chi connectivity index (χ1) is 10.5. The van der Waals surface area contributed by atoms with Crippen LogP contribution in [0.25, 0.3) is 22.0 Å². The Hall–Kier alpha value is -2.37. The highest BCUT2D eigenvalue weighted by molar-refractivity contribution is 6.40. The fraction of sp³-hybridized carbons (Fsp3) is 0. The van der Waals surface area contributed by atoms with Crippen molar-refractivity contribution in [2.75, 3.05) is 0 Å². The molecule has 1 heterocycles. The van der Waals surface area contributed by atoms with Crippen molar-refractivity contribution in [3.63, 3.8) is 0 Å². The molecule has 0 aliphatic rings. The largest absolute Gasteiger partial charge is 0.321 e. The molecule has 0 radical (unpaired) electrons. The van der Waals surface area contributed by atoms with Crippen molar-refractivity contribution in [3.05, 3.63) is 73.0 Å². The molecule has 3 rings (SSSR count). The van der Waals surface area contributed by atoms with Crippen LogP contribution in [0.4, 0.5) is 5.69 Å². The lowest BCUT2D eigenvalue weighted by molar-refractivity contribution is -0.384. The molecule has 0 fully saturated rings. The number of halogens is 2. The van der Waals surface area contributed by atoms with Crippen LogP contribution in [0, 0.1) is 10.1 Å². The van der Waals surface area contributed by atoms with E-state index < -0.39 is 10.5 Å². The SMILES string of the molecule is O=c1[nH]c2ccccc2cc1-c1c(Cl)ccc([N+](=O)[O-])c1Cl. The summed E-state index contributed by atoms with van der Waals surface area (Å²) in [6.07, 6.45) is 0. The van der Waals surface area contributed by atoms with Crippen LogP contribution >= 0.6 is 23.2 Å². The zero-order valence-corrected chi connectivity index (χ0v) is 12.5. The zero-order valence-electron chi connectivity index (χ0n) is 11.0. The molecule has 1 N–H and O–H groups in total. The third-order valence-corrected chi connectivity index (χ3v) is 3.99. The van der Waals surface area contributed by atoms with Gasteiger partial charge in [0.1, 0.15) is 5.02 Å². The van der Waals surface area contributed by atoms with Crippen molar-refractivity contribution in [1.29, 1.82) is 0 Å². The number of nitro groups is 1. The number of nitrogens with zero attached hydrogens (tertiary/aromatic N) is 1. The van der Waals surface area contributed by atoms with Gasteiger partial charge in [-0.3, -0.25) is 14.9 Å². The van der Waals surface area contributed by atoms with Gasteiger partial charge in [-0.1, -0.05) is 41.4 Å². The highest BCUT2D eigenvalue weighted by Crippen LogP contribution is 2.39. The molecule has 1 aromatic heterocycles. The second-order valence-corrected chi connectivity index (χ2v) is 5.40. The summed E-state index contributed by atoms with van der Waals surface area (Å²) < 4.78 is 0. The summed E-state index contributed by atoms with van der Waals surface area (Å²) in [6, 6.07) is 11.4. The molecular weight excluding hydrogens is 327 g/mol. The lowest BCUT2D eigenvalue weighted by Gasteiger charge is -2.08. The van der Waals surface area contributed by atoms with E-state index in [-0.39, 0.29) is 26.9 Å². The predicted molar refractivity (Wildman–Crippen MR) is 86.7 cm³/mol. The Bertz CT molecular complexity index is 967. The first-order valence-corrected chi connectivity index (χ1v) is 6.99. The Morgan fingerprint density at radius 2 is 1.82 bits per heavy atom. The zero-order chi connectivity index (χ0) is 15.9. The second kappa shape index (κ2) is 5.44. The summed E-state index contributed by atoms with van der Waals surface area (Å²) in [7, 11) is 0. The van der Waals surface area contributed by atoms with E-state index in [0.717, 1.165) is 5.39 Å². The van der Waals surface area contributed by atoms with Gasteiger partial charge in [-0.25, -0.2) is 0 Å². The molecule has 0 unspecified atom stereocenters. The summed E-state index contributed by atoms with van der Waals surface area (Å²) in [6.45, 7) is 0. The number of pyridine rings is 1. The number of nitrogens with one attached hydrogen (secondary N) is 1. The van der Waals surface area contributed by atoms with Gasteiger partial charge in [-0.15, -0.1) is 0 Å². The molecule has 5 nitrogen and oxygen atoms in total. The van der Waals surface area contributed by atoms with Crippen molar-refractivity contribution >= 4 is 39.8 Å². The van der Waals surface area contributed by atoms with Crippen LogP contribution in [0.3, 0.4) is 0 Å². The summed E-state index contributed by atoms with van der Waals surface area (Å²) >= 11 is 12.2. The molecule has 0 saturated heterocycles. The molecule has 0 aliphatic heterocycles. The minimum absolute atomic E-state index is 0.154. The smallest absolute Gasteiger partial charge is 0.288 e. The van der Waals surface area contributed by atoms with Crippen LogP contribution in [-0.2, 0) is 0 Å². The average Bonchev–Trinajstić information content (AvgIpc) is 2.47. The van der Waals surface area contributed by atoms with Gasteiger partial charge < -0.3 is 4.98 Å². The molecule has 0 bridgehead atoms. The van der Waals surface area contributed by atoms with E-state index in [2.05, 4.69) is 4.98 Å². The van der Waals surface area contributed by atoms with E-state index in [9.17, 15) is 14.9 Å². The third kappa shape index (κ3) is 2.34. The Morgan fingerprint density at radius 1 is 1.09 bits per heavy atom. The van der Waals surface area contributed by atoms with Gasteiger partial charge in [0.25, 0.3) is 11.2 Å². The molecular formula is C15H8Cl2N2O3. The van der Waals surface area contributed by atoms with E-state index in [1.54, 1.807) is 18.2 Å². The van der Waals surface area contributed by atoms with Gasteiger partial charge in [-0.2, -0.15) is 0 Å². The second-order valence-electron chi connectivity index (χ2n) is 4.61. The van der Waals surface area contributed by atoms with Gasteiger partial charge in [-0.05, 0) is 23.6 Å². The maximum absolute atomic E-state index is 12.3. The minimum atomic E-state index is -0.614. The van der Waals surface area contributed by atoms with Crippen LogP contribution in [0.2, 0.25) is 10.0 Å². The third-order valence-electron chi connectivity index (χ3n) is 3.29. The van der Waals surface area contributed by atoms with Gasteiger partial charge in [0.05, 0.1) is 15.5 Å². The van der Waals surface area contributed by atoms with Crippen LogP contribution in [-0.4, -0.2) is 9.91 Å². The molecule has 0 amide bonds. The first kappa shape index (κ1) is 14.6. The van der Waals surface area contributed by atoms with Crippen molar-refractivity contribution in [1.82, 2.24) is 4.98 Å². The number of para-hydroxylation sites is 1. The molecule has 2 aromatic carbocycles. The molecule has 0 saturated carbocycles. The van der Waals surface area contributed by atoms with Crippen LogP contribution in [0.1, 0.15) is 0 Å². The first-order valence-electron chi connectivity index (χ1n) is 6.24. The van der Waals surface area contributed by atoms with E-state index in [1.807, 2.05) is 12.1 Å². The average molecular weight is 335 g/mol. The maximum Gasteiger partial charge on any atom is 0.288 e. The predicted octanol–water partition coefficient (Wildman–Crippen LogP) is 4.41. The van der Waals surface area contributed by atoms with E-state index in [4.69, 9.17) is 23.2 Å². The lowest BCUT2D eigenvalue weighted by Crippen LogP contribution is -2.09. The number of nitro benzene ring substituents is 1. The van der Waals surface area contributed by atoms with Crippen LogP contribution in [0.5, 0.6) is 0 Å². The lowest BCUT2D eigenvalue weighted by atomic mass is 10.0. The van der Waals surface area contributed by atoms with Gasteiger partial charge in [0.2, 0.25) is 0 Å². The Labute approximate surface area is 134 Å². The van der Waals surface area contributed by atoms with Crippen molar-refractivity contribution < 1.29 is 4.92 Å². The Morgan fingerprint density at radius 3 is 2.55 bits per heavy atom. The molecule has 0 spiro atoms. The molecule has 0 aliphatic carbocycles. The van der Waals surface area contributed by atoms with Crippen LogP contribution < -0.4 is 5.56 Å². The molecule has 0 atom stereocenters. The van der Waals surface area contributed by atoms with Crippen LogP contribution in [0.15, 0.2) is 47.3 Å². The quantitative estimate of drug-likeness (QED) is 0.557. The number of hydrogen-bond donors (Lipinski definition) is 1. The van der Waals surface area contributed by atoms with Crippen molar-refractivity contribution in [3.8, 4) is 11.1 Å². The number of H-pyrrole nitrogens is 1. The van der Waals surface area contributed by atoms with Gasteiger partial charge in [0.15, 0.2) is 0 Å². The Balaban J connectivity index is 2.36. The highest BCUT2D eigenvalue weighted by Gasteiger charge is 2.21. The fourth-order valence-electron chi connectivity index (χ4n) is 2.26. The number of fused-ring (bicyclic) bond motifs is 1. The van der Waals surface area contributed by atoms with E-state index in [1.165, 1.54) is 12.1 Å². The number of hydrogen-bond acceptors (Lipinski definition) is 3. The summed E-state index contributed by atoms with van der Waals surface area (Å²) in [5.41, 5.74) is 0.299. The van der Waals surface area contributed by atoms with Crippen molar-refractivity contribution in [2.24, 2.45) is 0 Å². The topological polar surface area (TPSA) is 76.0 Å². The normalized spacial score (nSPS) is 10.8.